The molecule has 1 aromatic heterocycles. The molecule has 4 rings (SSSR count). The maximum atomic E-state index is 11.5. The molecule has 2 heterocycles. The number of hydrogen-bond donors (Lipinski definition) is 0. The first kappa shape index (κ1) is 12.4. The molecule has 3 nitrogen and oxygen atoms in total. The molecule has 0 aliphatic carbocycles. The van der Waals surface area contributed by atoms with Crippen LogP contribution in [0.5, 0.6) is 0 Å². The highest BCUT2D eigenvalue weighted by Gasteiger charge is 2.26. The van der Waals surface area contributed by atoms with Crippen LogP contribution in [0.2, 0.25) is 5.02 Å². The number of hydrogen-bond acceptors (Lipinski definition) is 2. The number of carbonyl (C=O) groups excluding carboxylic acids is 1. The van der Waals surface area contributed by atoms with Crippen LogP contribution in [0.3, 0.4) is 0 Å². The van der Waals surface area contributed by atoms with E-state index in [1.54, 1.807) is 0 Å². The summed E-state index contributed by atoms with van der Waals surface area (Å²) >= 11 is 6.09. The molecule has 0 fully saturated rings. The Labute approximate surface area is 126 Å². The van der Waals surface area contributed by atoms with Gasteiger partial charge in [-0.3, -0.25) is 9.48 Å². The summed E-state index contributed by atoms with van der Waals surface area (Å²) in [6, 6.07) is 13.3. The third kappa shape index (κ3) is 1.82. The van der Waals surface area contributed by atoms with E-state index in [9.17, 15) is 4.79 Å². The molecule has 0 N–H and O–H groups in total. The third-order valence-corrected chi connectivity index (χ3v) is 4.07. The van der Waals surface area contributed by atoms with Gasteiger partial charge in [0.05, 0.1) is 11.7 Å². The van der Waals surface area contributed by atoms with Crippen molar-refractivity contribution in [3.8, 4) is 0 Å². The number of allylic oxidation sites excluding steroid dienone is 1. The van der Waals surface area contributed by atoms with Gasteiger partial charge < -0.3 is 0 Å². The van der Waals surface area contributed by atoms with Gasteiger partial charge in [0.1, 0.15) is 12.3 Å². The summed E-state index contributed by atoms with van der Waals surface area (Å²) in [4.78, 5) is 11.5. The number of carbonyl (C=O) groups is 1. The average molecular weight is 295 g/mol. The summed E-state index contributed by atoms with van der Waals surface area (Å²) < 4.78 is 1.90. The predicted molar refractivity (Wildman–Crippen MR) is 83.4 cm³/mol. The summed E-state index contributed by atoms with van der Waals surface area (Å²) in [6.45, 7) is 0. The van der Waals surface area contributed by atoms with E-state index >= 15 is 0 Å². The third-order valence-electron chi connectivity index (χ3n) is 3.83. The van der Waals surface area contributed by atoms with Crippen LogP contribution >= 0.6 is 11.6 Å². The number of aldehydes is 1. The maximum Gasteiger partial charge on any atom is 0.148 e. The van der Waals surface area contributed by atoms with Gasteiger partial charge >= 0.3 is 0 Å². The summed E-state index contributed by atoms with van der Waals surface area (Å²) in [5.41, 5.74) is 3.71. The predicted octanol–water partition coefficient (Wildman–Crippen LogP) is 3.88. The van der Waals surface area contributed by atoms with Crippen LogP contribution in [-0.4, -0.2) is 16.1 Å². The molecule has 2 aromatic carbocycles. The fourth-order valence-corrected chi connectivity index (χ4v) is 3.15. The van der Waals surface area contributed by atoms with E-state index in [4.69, 9.17) is 11.6 Å². The molecule has 0 radical (unpaired) electrons. The van der Waals surface area contributed by atoms with Gasteiger partial charge in [-0.15, -0.1) is 0 Å². The van der Waals surface area contributed by atoms with Gasteiger partial charge in [-0.25, -0.2) is 0 Å². The Morgan fingerprint density at radius 2 is 2.05 bits per heavy atom. The van der Waals surface area contributed by atoms with Gasteiger partial charge in [0.25, 0.3) is 0 Å². The van der Waals surface area contributed by atoms with E-state index in [0.717, 1.165) is 28.3 Å². The zero-order chi connectivity index (χ0) is 14.4. The van der Waals surface area contributed by atoms with Crippen LogP contribution in [-0.2, 0) is 4.79 Å². The van der Waals surface area contributed by atoms with Crippen LogP contribution in [0.25, 0.3) is 17.0 Å². The highest BCUT2D eigenvalue weighted by molar-refractivity contribution is 6.30. The minimum atomic E-state index is -0.228. The summed E-state index contributed by atoms with van der Waals surface area (Å²) in [7, 11) is 0. The van der Waals surface area contributed by atoms with Gasteiger partial charge in [0.15, 0.2) is 0 Å². The molecule has 1 aliphatic rings. The molecule has 1 aliphatic heterocycles. The molecule has 102 valence electrons. The molecule has 0 saturated carbocycles. The molecular formula is C17H11ClN2O. The van der Waals surface area contributed by atoms with E-state index in [1.165, 1.54) is 0 Å². The Balaban J connectivity index is 2.02. The minimum Gasteiger partial charge on any atom is -0.298 e. The van der Waals surface area contributed by atoms with Crippen LogP contribution in [0.1, 0.15) is 17.2 Å². The van der Waals surface area contributed by atoms with Crippen molar-refractivity contribution >= 4 is 34.9 Å². The standard InChI is InChI=1S/C17H11ClN2O/c18-15-6-2-4-12(8-15)17-14(10-21)7-11-3-1-5-13-9-19-20(17)16(11)13/h1-10,17H/t17-/m1/s1. The van der Waals surface area contributed by atoms with Crippen molar-refractivity contribution in [1.82, 2.24) is 9.78 Å². The molecule has 21 heavy (non-hydrogen) atoms. The number of para-hydroxylation sites is 1. The number of nitrogens with zero attached hydrogens (tertiary/aromatic N) is 2. The number of aromatic nitrogens is 2. The lowest BCUT2D eigenvalue weighted by Gasteiger charge is -2.24. The molecular weight excluding hydrogens is 284 g/mol. The van der Waals surface area contributed by atoms with Crippen molar-refractivity contribution in [3.05, 3.63) is 70.4 Å². The van der Waals surface area contributed by atoms with Crippen LogP contribution < -0.4 is 0 Å². The molecule has 0 saturated heterocycles. The quantitative estimate of drug-likeness (QED) is 0.672. The largest absolute Gasteiger partial charge is 0.298 e. The molecule has 0 amide bonds. The highest BCUT2D eigenvalue weighted by Crippen LogP contribution is 2.36. The van der Waals surface area contributed by atoms with Crippen molar-refractivity contribution in [2.75, 3.05) is 0 Å². The Bertz CT molecular complexity index is 895. The number of benzene rings is 2. The van der Waals surface area contributed by atoms with Gasteiger partial charge in [-0.05, 0) is 23.8 Å². The second kappa shape index (κ2) is 4.57. The SMILES string of the molecule is O=CC1=Cc2cccc3cnn(c23)[C@@H]1c1cccc(Cl)c1. The molecule has 0 spiro atoms. The number of halogens is 1. The maximum absolute atomic E-state index is 11.5. The van der Waals surface area contributed by atoms with E-state index in [0.29, 0.717) is 10.6 Å². The fraction of sp³-hybridized carbons (Fsp3) is 0.0588. The number of rotatable bonds is 2. The van der Waals surface area contributed by atoms with E-state index in [2.05, 4.69) is 5.10 Å². The van der Waals surface area contributed by atoms with E-state index in [-0.39, 0.29) is 6.04 Å². The van der Waals surface area contributed by atoms with Gasteiger partial charge in [-0.1, -0.05) is 41.9 Å². The van der Waals surface area contributed by atoms with Crippen LogP contribution in [0, 0.1) is 0 Å². The Hall–Kier alpha value is -2.39. The smallest absolute Gasteiger partial charge is 0.148 e. The van der Waals surface area contributed by atoms with Crippen molar-refractivity contribution in [2.24, 2.45) is 0 Å². The highest BCUT2D eigenvalue weighted by atomic mass is 35.5. The van der Waals surface area contributed by atoms with Gasteiger partial charge in [0, 0.05) is 21.5 Å². The summed E-state index contributed by atoms with van der Waals surface area (Å²) in [5.74, 6) is 0. The monoisotopic (exact) mass is 294 g/mol. The summed E-state index contributed by atoms with van der Waals surface area (Å²) in [6.07, 6.45) is 4.66. The minimum absolute atomic E-state index is 0.228. The lowest BCUT2D eigenvalue weighted by Crippen LogP contribution is -2.18. The van der Waals surface area contributed by atoms with Crippen molar-refractivity contribution < 1.29 is 4.79 Å². The van der Waals surface area contributed by atoms with Crippen LogP contribution in [0.4, 0.5) is 0 Å². The molecule has 0 unspecified atom stereocenters. The first-order valence-electron chi connectivity index (χ1n) is 6.66. The zero-order valence-electron chi connectivity index (χ0n) is 11.0. The molecule has 4 heteroatoms. The molecule has 3 aromatic rings. The second-order valence-electron chi connectivity index (χ2n) is 5.09. The Morgan fingerprint density at radius 3 is 2.86 bits per heavy atom. The van der Waals surface area contributed by atoms with Gasteiger partial charge in [-0.2, -0.15) is 5.10 Å². The van der Waals surface area contributed by atoms with Crippen molar-refractivity contribution in [2.45, 2.75) is 6.04 Å². The van der Waals surface area contributed by atoms with Gasteiger partial charge in [0.2, 0.25) is 0 Å². The Morgan fingerprint density at radius 1 is 1.19 bits per heavy atom. The second-order valence-corrected chi connectivity index (χ2v) is 5.53. The van der Waals surface area contributed by atoms with Crippen molar-refractivity contribution in [1.29, 1.82) is 0 Å². The molecule has 0 bridgehead atoms. The zero-order valence-corrected chi connectivity index (χ0v) is 11.8. The average Bonchev–Trinajstić information content (AvgIpc) is 2.93. The lowest BCUT2D eigenvalue weighted by molar-refractivity contribution is -0.105. The topological polar surface area (TPSA) is 34.9 Å². The van der Waals surface area contributed by atoms with E-state index in [1.807, 2.05) is 59.4 Å². The lowest BCUT2D eigenvalue weighted by atomic mass is 9.94. The van der Waals surface area contributed by atoms with Crippen molar-refractivity contribution in [3.63, 3.8) is 0 Å². The first-order chi connectivity index (χ1) is 10.3. The Kier molecular flexibility index (Phi) is 2.69. The summed E-state index contributed by atoms with van der Waals surface area (Å²) in [5, 5.41) is 6.21. The van der Waals surface area contributed by atoms with Crippen LogP contribution in [0.15, 0.2) is 54.2 Å². The van der Waals surface area contributed by atoms with E-state index < -0.39 is 0 Å². The molecule has 1 atom stereocenters. The normalized spacial score (nSPS) is 16.8. The fourth-order valence-electron chi connectivity index (χ4n) is 2.95. The first-order valence-corrected chi connectivity index (χ1v) is 7.04.